The topological polar surface area (TPSA) is 65.1 Å². The Hall–Kier alpha value is -2.24. The molecule has 0 spiro atoms. The van der Waals surface area contributed by atoms with E-state index in [0.717, 1.165) is 24.8 Å². The van der Waals surface area contributed by atoms with Crippen molar-refractivity contribution in [1.82, 2.24) is 4.90 Å². The van der Waals surface area contributed by atoms with Gasteiger partial charge in [0.15, 0.2) is 17.3 Å². The van der Waals surface area contributed by atoms with Gasteiger partial charge in [0.2, 0.25) is 0 Å². The van der Waals surface area contributed by atoms with Crippen LogP contribution in [0.25, 0.3) is 0 Å². The Kier molecular flexibility index (Phi) is 7.55. The van der Waals surface area contributed by atoms with Gasteiger partial charge in [0, 0.05) is 24.6 Å². The maximum Gasteiger partial charge on any atom is 0.410 e. The summed E-state index contributed by atoms with van der Waals surface area (Å²) in [6, 6.07) is 3.62. The molecule has 2 rings (SSSR count). The molecule has 1 atom stereocenters. The SMILES string of the molecule is COc1cc(C)c(C(=O)C(C)CC2CCN(C(=O)OC(C)(C)C)CC2)cc1OC. The number of aryl methyl sites for hydroxylation is 1. The van der Waals surface area contributed by atoms with Crippen molar-refractivity contribution in [2.24, 2.45) is 11.8 Å². The molecule has 1 heterocycles. The number of amides is 1. The highest BCUT2D eigenvalue weighted by Gasteiger charge is 2.29. The van der Waals surface area contributed by atoms with Crippen LogP contribution < -0.4 is 9.47 Å². The summed E-state index contributed by atoms with van der Waals surface area (Å²) in [7, 11) is 3.16. The van der Waals surface area contributed by atoms with Crippen molar-refractivity contribution < 1.29 is 23.8 Å². The molecule has 0 radical (unpaired) electrons. The lowest BCUT2D eigenvalue weighted by Crippen LogP contribution is -2.42. The molecule has 1 aromatic rings. The summed E-state index contributed by atoms with van der Waals surface area (Å²) in [5.41, 5.74) is 1.09. The van der Waals surface area contributed by atoms with Gasteiger partial charge in [-0.3, -0.25) is 4.79 Å². The average Bonchev–Trinajstić information content (AvgIpc) is 2.66. The fraction of sp³-hybridized carbons (Fsp3) is 0.652. The Morgan fingerprint density at radius 1 is 1.10 bits per heavy atom. The number of nitrogens with zero attached hydrogens (tertiary/aromatic N) is 1. The lowest BCUT2D eigenvalue weighted by molar-refractivity contribution is 0.0175. The number of hydrogen-bond donors (Lipinski definition) is 0. The van der Waals surface area contributed by atoms with Crippen LogP contribution in [0.15, 0.2) is 12.1 Å². The van der Waals surface area contributed by atoms with Crippen LogP contribution in [0.3, 0.4) is 0 Å². The Morgan fingerprint density at radius 2 is 1.66 bits per heavy atom. The number of likely N-dealkylation sites (tertiary alicyclic amines) is 1. The van der Waals surface area contributed by atoms with Gasteiger partial charge in [-0.1, -0.05) is 6.92 Å². The maximum absolute atomic E-state index is 13.1. The number of methoxy groups -OCH3 is 2. The van der Waals surface area contributed by atoms with E-state index >= 15 is 0 Å². The Labute approximate surface area is 174 Å². The average molecular weight is 406 g/mol. The molecule has 29 heavy (non-hydrogen) atoms. The van der Waals surface area contributed by atoms with E-state index in [-0.39, 0.29) is 17.8 Å². The second-order valence-corrected chi connectivity index (χ2v) is 8.93. The van der Waals surface area contributed by atoms with Gasteiger partial charge in [-0.15, -0.1) is 0 Å². The van der Waals surface area contributed by atoms with Crippen molar-refractivity contribution in [2.75, 3.05) is 27.3 Å². The van der Waals surface area contributed by atoms with Crippen LogP contribution in [0.5, 0.6) is 11.5 Å². The van der Waals surface area contributed by atoms with Crippen molar-refractivity contribution in [3.05, 3.63) is 23.3 Å². The first-order chi connectivity index (χ1) is 13.6. The van der Waals surface area contributed by atoms with Gasteiger partial charge in [0.1, 0.15) is 5.60 Å². The summed E-state index contributed by atoms with van der Waals surface area (Å²) in [5, 5.41) is 0. The second kappa shape index (κ2) is 9.51. The molecule has 0 saturated carbocycles. The number of carbonyl (C=O) groups is 2. The molecule has 1 amide bonds. The standard InChI is InChI=1S/C23H35NO5/c1-15-13-19(27-6)20(28-7)14-18(15)21(25)16(2)12-17-8-10-24(11-9-17)22(26)29-23(3,4)5/h13-14,16-17H,8-12H2,1-7H3. The van der Waals surface area contributed by atoms with Gasteiger partial charge < -0.3 is 19.1 Å². The van der Waals surface area contributed by atoms with E-state index in [0.29, 0.717) is 36.1 Å². The van der Waals surface area contributed by atoms with Crippen LogP contribution >= 0.6 is 0 Å². The van der Waals surface area contributed by atoms with Gasteiger partial charge in [0.05, 0.1) is 14.2 Å². The summed E-state index contributed by atoms with van der Waals surface area (Å²) in [5.74, 6) is 1.65. The molecule has 162 valence electrons. The van der Waals surface area contributed by atoms with E-state index in [9.17, 15) is 9.59 Å². The van der Waals surface area contributed by atoms with E-state index in [4.69, 9.17) is 14.2 Å². The van der Waals surface area contributed by atoms with Crippen LogP contribution in [0.2, 0.25) is 0 Å². The molecule has 1 fully saturated rings. The fourth-order valence-corrected chi connectivity index (χ4v) is 3.80. The fourth-order valence-electron chi connectivity index (χ4n) is 3.80. The van der Waals surface area contributed by atoms with Crippen molar-refractivity contribution >= 4 is 11.9 Å². The lowest BCUT2D eigenvalue weighted by Gasteiger charge is -2.34. The van der Waals surface area contributed by atoms with Gasteiger partial charge in [0.25, 0.3) is 0 Å². The highest BCUT2D eigenvalue weighted by Crippen LogP contribution is 2.33. The highest BCUT2D eigenvalue weighted by molar-refractivity contribution is 5.99. The molecular formula is C23H35NO5. The number of carbonyl (C=O) groups excluding carboxylic acids is 2. The third-order valence-corrected chi connectivity index (χ3v) is 5.40. The predicted molar refractivity (Wildman–Crippen MR) is 113 cm³/mol. The van der Waals surface area contributed by atoms with E-state index in [2.05, 4.69) is 0 Å². The predicted octanol–water partition coefficient (Wildman–Crippen LogP) is 4.87. The number of benzene rings is 1. The van der Waals surface area contributed by atoms with E-state index in [1.54, 1.807) is 25.2 Å². The minimum absolute atomic E-state index is 0.0927. The van der Waals surface area contributed by atoms with Gasteiger partial charge in [-0.2, -0.15) is 0 Å². The van der Waals surface area contributed by atoms with Crippen molar-refractivity contribution in [3.63, 3.8) is 0 Å². The first kappa shape index (κ1) is 23.0. The first-order valence-corrected chi connectivity index (χ1v) is 10.3. The summed E-state index contributed by atoms with van der Waals surface area (Å²) in [6.07, 6.45) is 2.35. The van der Waals surface area contributed by atoms with Crippen LogP contribution in [0, 0.1) is 18.8 Å². The molecule has 1 aliphatic heterocycles. The number of Topliss-reactive ketones (excluding diaryl/α,β-unsaturated/α-hetero) is 1. The molecule has 1 saturated heterocycles. The number of rotatable bonds is 6. The number of ketones is 1. The minimum atomic E-state index is -0.480. The first-order valence-electron chi connectivity index (χ1n) is 10.3. The van der Waals surface area contributed by atoms with Crippen molar-refractivity contribution in [1.29, 1.82) is 0 Å². The second-order valence-electron chi connectivity index (χ2n) is 8.93. The zero-order valence-electron chi connectivity index (χ0n) is 18.8. The quantitative estimate of drug-likeness (QED) is 0.632. The molecule has 1 unspecified atom stereocenters. The zero-order valence-corrected chi connectivity index (χ0v) is 18.8. The smallest absolute Gasteiger partial charge is 0.410 e. The summed E-state index contributed by atoms with van der Waals surface area (Å²) in [4.78, 5) is 27.0. The molecule has 0 N–H and O–H groups in total. The van der Waals surface area contributed by atoms with Crippen LogP contribution in [0.4, 0.5) is 4.79 Å². The van der Waals surface area contributed by atoms with Gasteiger partial charge >= 0.3 is 6.09 Å². The summed E-state index contributed by atoms with van der Waals surface area (Å²) in [6.45, 7) is 10.9. The Balaban J connectivity index is 1.95. The summed E-state index contributed by atoms with van der Waals surface area (Å²) < 4.78 is 16.1. The van der Waals surface area contributed by atoms with E-state index < -0.39 is 5.60 Å². The molecule has 0 aliphatic carbocycles. The summed E-state index contributed by atoms with van der Waals surface area (Å²) >= 11 is 0. The number of ether oxygens (including phenoxy) is 3. The molecule has 0 aromatic heterocycles. The highest BCUT2D eigenvalue weighted by atomic mass is 16.6. The van der Waals surface area contributed by atoms with Crippen LogP contribution in [0.1, 0.15) is 62.9 Å². The Bertz CT molecular complexity index is 730. The van der Waals surface area contributed by atoms with Crippen LogP contribution in [-0.4, -0.2) is 49.7 Å². The van der Waals surface area contributed by atoms with Gasteiger partial charge in [-0.05, 0) is 70.6 Å². The number of hydrogen-bond acceptors (Lipinski definition) is 5. The maximum atomic E-state index is 13.1. The third-order valence-electron chi connectivity index (χ3n) is 5.40. The molecule has 1 aliphatic rings. The molecule has 0 bridgehead atoms. The van der Waals surface area contributed by atoms with E-state index in [1.165, 1.54) is 0 Å². The van der Waals surface area contributed by atoms with Crippen LogP contribution in [-0.2, 0) is 4.74 Å². The molecule has 6 nitrogen and oxygen atoms in total. The van der Waals surface area contributed by atoms with Crippen molar-refractivity contribution in [2.45, 2.75) is 59.5 Å². The Morgan fingerprint density at radius 3 is 2.17 bits per heavy atom. The largest absolute Gasteiger partial charge is 0.493 e. The zero-order chi connectivity index (χ0) is 21.8. The normalized spacial score (nSPS) is 16.3. The molecular weight excluding hydrogens is 370 g/mol. The third kappa shape index (κ3) is 6.12. The lowest BCUT2D eigenvalue weighted by atomic mass is 9.84. The molecule has 1 aromatic carbocycles. The van der Waals surface area contributed by atoms with E-state index in [1.807, 2.05) is 40.7 Å². The minimum Gasteiger partial charge on any atom is -0.493 e. The molecule has 6 heteroatoms. The van der Waals surface area contributed by atoms with Crippen molar-refractivity contribution in [3.8, 4) is 11.5 Å². The monoisotopic (exact) mass is 405 g/mol. The van der Waals surface area contributed by atoms with Gasteiger partial charge in [-0.25, -0.2) is 4.79 Å². The number of piperidine rings is 1.